The fraction of sp³-hybridized carbons (Fsp3) is 0.300. The maximum absolute atomic E-state index is 11.9. The lowest BCUT2D eigenvalue weighted by Crippen LogP contribution is -2.37. The number of anilines is 1. The van der Waals surface area contributed by atoms with Crippen LogP contribution < -0.4 is 11.1 Å². The van der Waals surface area contributed by atoms with Crippen molar-refractivity contribution in [3.8, 4) is 0 Å². The Labute approximate surface area is 121 Å². The van der Waals surface area contributed by atoms with Crippen molar-refractivity contribution in [1.29, 1.82) is 0 Å². The molecule has 0 bridgehead atoms. The highest BCUT2D eigenvalue weighted by Crippen LogP contribution is 2.24. The summed E-state index contributed by atoms with van der Waals surface area (Å²) in [6.07, 6.45) is -4.60. The monoisotopic (exact) mass is 374 g/mol. The fourth-order valence-corrected chi connectivity index (χ4v) is 3.13. The number of rotatable bonds is 4. The molecule has 0 aliphatic heterocycles. The van der Waals surface area contributed by atoms with Gasteiger partial charge in [-0.25, -0.2) is 8.42 Å². The molecule has 0 saturated heterocycles. The Kier molecular flexibility index (Phi) is 5.03. The number of alkyl halides is 3. The average molecular weight is 375 g/mol. The van der Waals surface area contributed by atoms with Crippen LogP contribution in [-0.4, -0.2) is 32.8 Å². The smallest absolute Gasteiger partial charge is 0.398 e. The Bertz CT molecular complexity index is 617. The van der Waals surface area contributed by atoms with Gasteiger partial charge < -0.3 is 11.1 Å². The van der Waals surface area contributed by atoms with Gasteiger partial charge in [0.15, 0.2) is 9.84 Å². The highest BCUT2D eigenvalue weighted by Gasteiger charge is 2.29. The predicted molar refractivity (Wildman–Crippen MR) is 69.7 cm³/mol. The third kappa shape index (κ3) is 5.00. The van der Waals surface area contributed by atoms with Gasteiger partial charge in [-0.1, -0.05) is 15.9 Å². The number of hydrogen-bond acceptors (Lipinski definition) is 4. The van der Waals surface area contributed by atoms with E-state index in [1.54, 1.807) is 0 Å². The van der Waals surface area contributed by atoms with Gasteiger partial charge in [0.1, 0.15) is 12.3 Å². The molecule has 0 fully saturated rings. The largest absolute Gasteiger partial charge is 0.405 e. The average Bonchev–Trinajstić information content (AvgIpc) is 2.28. The Morgan fingerprint density at radius 2 is 1.95 bits per heavy atom. The Morgan fingerprint density at radius 3 is 2.50 bits per heavy atom. The number of nitrogens with one attached hydrogen (secondary N) is 1. The zero-order valence-electron chi connectivity index (χ0n) is 9.87. The Hall–Kier alpha value is -1.29. The number of amides is 1. The summed E-state index contributed by atoms with van der Waals surface area (Å²) in [4.78, 5) is 10.9. The molecule has 20 heavy (non-hydrogen) atoms. The van der Waals surface area contributed by atoms with Crippen LogP contribution in [0.3, 0.4) is 0 Å². The van der Waals surface area contributed by atoms with E-state index in [1.807, 2.05) is 0 Å². The van der Waals surface area contributed by atoms with Gasteiger partial charge in [0, 0.05) is 4.47 Å². The molecule has 0 aromatic heterocycles. The molecular formula is C10H10BrF3N2O3S. The second-order valence-corrected chi connectivity index (χ2v) is 6.71. The first-order valence-corrected chi connectivity index (χ1v) is 7.57. The maximum atomic E-state index is 11.9. The van der Waals surface area contributed by atoms with Crippen LogP contribution in [0.2, 0.25) is 0 Å². The van der Waals surface area contributed by atoms with Gasteiger partial charge in [0.2, 0.25) is 5.91 Å². The van der Waals surface area contributed by atoms with Gasteiger partial charge >= 0.3 is 6.18 Å². The number of benzene rings is 1. The molecule has 0 spiro atoms. The normalized spacial score (nSPS) is 12.2. The second kappa shape index (κ2) is 6.00. The Morgan fingerprint density at radius 1 is 1.35 bits per heavy atom. The van der Waals surface area contributed by atoms with Crippen LogP contribution in [0, 0.1) is 0 Å². The number of nitrogen functional groups attached to an aromatic ring is 1. The predicted octanol–water partition coefficient (Wildman–Crippen LogP) is 1.48. The maximum Gasteiger partial charge on any atom is 0.405 e. The van der Waals surface area contributed by atoms with E-state index in [-0.39, 0.29) is 10.6 Å². The van der Waals surface area contributed by atoms with Crippen LogP contribution in [0.5, 0.6) is 0 Å². The third-order valence-electron chi connectivity index (χ3n) is 2.12. The summed E-state index contributed by atoms with van der Waals surface area (Å²) in [5.41, 5.74) is 5.40. The molecule has 0 atom stereocenters. The number of halogens is 4. The van der Waals surface area contributed by atoms with Crippen molar-refractivity contribution < 1.29 is 26.4 Å². The fourth-order valence-electron chi connectivity index (χ4n) is 1.28. The topological polar surface area (TPSA) is 89.3 Å². The molecule has 0 radical (unpaired) electrons. The SMILES string of the molecule is Nc1ccc(Br)cc1S(=O)(=O)CC(=O)NCC(F)(F)F. The minimum absolute atomic E-state index is 0.0863. The van der Waals surface area contributed by atoms with E-state index < -0.39 is 34.2 Å². The minimum Gasteiger partial charge on any atom is -0.398 e. The highest BCUT2D eigenvalue weighted by atomic mass is 79.9. The van der Waals surface area contributed by atoms with Crippen molar-refractivity contribution >= 4 is 37.4 Å². The van der Waals surface area contributed by atoms with E-state index >= 15 is 0 Å². The molecule has 1 rings (SSSR count). The zero-order chi connectivity index (χ0) is 15.6. The molecule has 5 nitrogen and oxygen atoms in total. The number of sulfone groups is 1. The third-order valence-corrected chi connectivity index (χ3v) is 4.28. The van der Waals surface area contributed by atoms with Crippen LogP contribution in [0.4, 0.5) is 18.9 Å². The van der Waals surface area contributed by atoms with Gasteiger partial charge in [-0.15, -0.1) is 0 Å². The first-order chi connectivity index (χ1) is 9.01. The van der Waals surface area contributed by atoms with Crippen molar-refractivity contribution in [1.82, 2.24) is 5.32 Å². The van der Waals surface area contributed by atoms with E-state index in [0.29, 0.717) is 4.47 Å². The van der Waals surface area contributed by atoms with Crippen LogP contribution in [-0.2, 0) is 14.6 Å². The lowest BCUT2D eigenvalue weighted by molar-refractivity contribution is -0.137. The molecule has 0 aliphatic carbocycles. The molecule has 0 aliphatic rings. The summed E-state index contributed by atoms with van der Waals surface area (Å²) in [7, 11) is -4.11. The molecule has 3 N–H and O–H groups in total. The zero-order valence-corrected chi connectivity index (χ0v) is 12.3. The second-order valence-electron chi connectivity index (χ2n) is 3.83. The number of nitrogens with two attached hydrogens (primary N) is 1. The van der Waals surface area contributed by atoms with E-state index in [4.69, 9.17) is 5.73 Å². The van der Waals surface area contributed by atoms with E-state index in [1.165, 1.54) is 23.5 Å². The lowest BCUT2D eigenvalue weighted by atomic mass is 10.3. The van der Waals surface area contributed by atoms with Crippen molar-refractivity contribution in [2.24, 2.45) is 0 Å². The van der Waals surface area contributed by atoms with Gasteiger partial charge in [-0.05, 0) is 18.2 Å². The molecular weight excluding hydrogens is 365 g/mol. The summed E-state index contributed by atoms with van der Waals surface area (Å²) in [6, 6.07) is 3.99. The minimum atomic E-state index is -4.60. The van der Waals surface area contributed by atoms with Crippen molar-refractivity contribution in [2.45, 2.75) is 11.1 Å². The van der Waals surface area contributed by atoms with Crippen LogP contribution in [0.1, 0.15) is 0 Å². The molecule has 10 heteroatoms. The number of carbonyl (C=O) groups is 1. The summed E-state index contributed by atoms with van der Waals surface area (Å²) in [5, 5.41) is 1.49. The summed E-state index contributed by atoms with van der Waals surface area (Å²) >= 11 is 3.04. The first kappa shape index (κ1) is 16.8. The summed E-state index contributed by atoms with van der Waals surface area (Å²) in [6.45, 7) is -1.59. The van der Waals surface area contributed by atoms with Crippen LogP contribution in [0.25, 0.3) is 0 Å². The number of hydrogen-bond donors (Lipinski definition) is 2. The van der Waals surface area contributed by atoms with Gasteiger partial charge in [-0.3, -0.25) is 4.79 Å². The van der Waals surface area contributed by atoms with Crippen molar-refractivity contribution in [3.05, 3.63) is 22.7 Å². The lowest BCUT2D eigenvalue weighted by Gasteiger charge is -2.10. The van der Waals surface area contributed by atoms with E-state index in [9.17, 15) is 26.4 Å². The summed E-state index contributed by atoms with van der Waals surface area (Å²) < 4.78 is 59.9. The van der Waals surface area contributed by atoms with Gasteiger partial charge in [-0.2, -0.15) is 13.2 Å². The van der Waals surface area contributed by atoms with E-state index in [2.05, 4.69) is 15.9 Å². The molecule has 0 saturated carbocycles. The quantitative estimate of drug-likeness (QED) is 0.781. The first-order valence-electron chi connectivity index (χ1n) is 5.12. The van der Waals surface area contributed by atoms with Crippen molar-refractivity contribution in [2.75, 3.05) is 18.0 Å². The number of carbonyl (C=O) groups excluding carboxylic acids is 1. The van der Waals surface area contributed by atoms with Gasteiger partial charge in [0.25, 0.3) is 0 Å². The Balaban J connectivity index is 2.85. The highest BCUT2D eigenvalue weighted by molar-refractivity contribution is 9.10. The van der Waals surface area contributed by atoms with Crippen LogP contribution in [0.15, 0.2) is 27.6 Å². The molecule has 0 heterocycles. The standard InChI is InChI=1S/C10H10BrF3N2O3S/c11-6-1-2-7(15)8(3-6)20(18,19)4-9(17)16-5-10(12,13)14/h1-3H,4-5,15H2,(H,16,17). The van der Waals surface area contributed by atoms with Crippen molar-refractivity contribution in [3.63, 3.8) is 0 Å². The van der Waals surface area contributed by atoms with Gasteiger partial charge in [0.05, 0.1) is 10.6 Å². The summed E-state index contributed by atoms with van der Waals surface area (Å²) in [5.74, 6) is -2.36. The molecule has 1 aromatic carbocycles. The molecule has 112 valence electrons. The molecule has 1 aromatic rings. The molecule has 0 unspecified atom stereocenters. The molecule has 1 amide bonds. The van der Waals surface area contributed by atoms with E-state index in [0.717, 1.165) is 0 Å². The van der Waals surface area contributed by atoms with Crippen LogP contribution >= 0.6 is 15.9 Å².